The zero-order valence-corrected chi connectivity index (χ0v) is 13.3. The second-order valence-corrected chi connectivity index (χ2v) is 5.78. The van der Waals surface area contributed by atoms with Crippen LogP contribution in [0.25, 0.3) is 6.08 Å². The highest BCUT2D eigenvalue weighted by Gasteiger charge is 2.37. The van der Waals surface area contributed by atoms with Crippen LogP contribution in [0.5, 0.6) is 0 Å². The second-order valence-electron chi connectivity index (χ2n) is 4.87. The molecule has 0 aliphatic carbocycles. The lowest BCUT2D eigenvalue weighted by Crippen LogP contribution is -2.30. The van der Waals surface area contributed by atoms with Gasteiger partial charge in [0.2, 0.25) is 0 Å². The topological polar surface area (TPSA) is 74.7 Å². The van der Waals surface area contributed by atoms with E-state index in [9.17, 15) is 14.4 Å². The molecule has 0 aromatic heterocycles. The van der Waals surface area contributed by atoms with Crippen molar-refractivity contribution in [3.63, 3.8) is 0 Å². The van der Waals surface area contributed by atoms with Gasteiger partial charge in [0.05, 0.1) is 16.8 Å². The largest absolute Gasteiger partial charge is 0.478 e. The van der Waals surface area contributed by atoms with E-state index in [0.29, 0.717) is 26.9 Å². The number of imide groups is 1. The predicted octanol–water partition coefficient (Wildman–Crippen LogP) is 3.35. The summed E-state index contributed by atoms with van der Waals surface area (Å²) in [7, 11) is 0. The van der Waals surface area contributed by atoms with Crippen molar-refractivity contribution in [2.75, 3.05) is 4.90 Å². The quantitative estimate of drug-likeness (QED) is 0.663. The van der Waals surface area contributed by atoms with E-state index in [-0.39, 0.29) is 0 Å². The van der Waals surface area contributed by atoms with Crippen LogP contribution >= 0.6 is 15.9 Å². The molecule has 6 heteroatoms. The van der Waals surface area contributed by atoms with E-state index in [2.05, 4.69) is 15.9 Å². The number of rotatable bonds is 3. The molecule has 0 fully saturated rings. The Labute approximate surface area is 140 Å². The van der Waals surface area contributed by atoms with Gasteiger partial charge in [0.15, 0.2) is 0 Å². The highest BCUT2D eigenvalue weighted by Crippen LogP contribution is 2.33. The van der Waals surface area contributed by atoms with Crippen LogP contribution < -0.4 is 4.90 Å². The normalized spacial score (nSPS) is 13.7. The molecule has 2 amide bonds. The van der Waals surface area contributed by atoms with Crippen LogP contribution in [0.2, 0.25) is 0 Å². The fourth-order valence-electron chi connectivity index (χ4n) is 2.42. The molecule has 1 heterocycles. The number of halogens is 1. The predicted molar refractivity (Wildman–Crippen MR) is 88.4 cm³/mol. The Balaban J connectivity index is 2.13. The number of hydrogen-bond acceptors (Lipinski definition) is 3. The average molecular weight is 372 g/mol. The summed E-state index contributed by atoms with van der Waals surface area (Å²) in [6, 6.07) is 11.6. The van der Waals surface area contributed by atoms with Crippen LogP contribution in [0.15, 0.2) is 53.0 Å². The van der Waals surface area contributed by atoms with Crippen molar-refractivity contribution in [3.05, 3.63) is 69.7 Å². The number of carboxylic acids is 1. The maximum atomic E-state index is 12.6. The van der Waals surface area contributed by atoms with Crippen molar-refractivity contribution < 1.29 is 19.5 Å². The van der Waals surface area contributed by atoms with Crippen LogP contribution in [-0.2, 0) is 4.79 Å². The number of benzene rings is 2. The maximum Gasteiger partial charge on any atom is 0.328 e. The fraction of sp³-hybridized carbons (Fsp3) is 0. The Bertz CT molecular complexity index is 838. The molecule has 1 aliphatic heterocycles. The van der Waals surface area contributed by atoms with Gasteiger partial charge in [-0.25, -0.2) is 9.69 Å². The van der Waals surface area contributed by atoms with E-state index in [4.69, 9.17) is 5.11 Å². The Morgan fingerprint density at radius 1 is 1.04 bits per heavy atom. The molecular weight excluding hydrogens is 362 g/mol. The van der Waals surface area contributed by atoms with E-state index in [0.717, 1.165) is 11.0 Å². The van der Waals surface area contributed by atoms with Gasteiger partial charge < -0.3 is 5.11 Å². The minimum Gasteiger partial charge on any atom is -0.478 e. The molecule has 0 radical (unpaired) electrons. The molecule has 0 atom stereocenters. The summed E-state index contributed by atoms with van der Waals surface area (Å²) >= 11 is 3.31. The molecule has 1 aliphatic rings. The molecule has 0 saturated carbocycles. The minimum absolute atomic E-state index is 0.336. The summed E-state index contributed by atoms with van der Waals surface area (Å²) in [6.45, 7) is 0. The summed E-state index contributed by atoms with van der Waals surface area (Å²) in [5, 5.41) is 8.79. The van der Waals surface area contributed by atoms with Crippen LogP contribution in [-0.4, -0.2) is 22.9 Å². The third-order valence-electron chi connectivity index (χ3n) is 3.43. The molecule has 2 aromatic rings. The Morgan fingerprint density at radius 3 is 2.22 bits per heavy atom. The Kier molecular flexibility index (Phi) is 3.83. The minimum atomic E-state index is -1.11. The monoisotopic (exact) mass is 371 g/mol. The van der Waals surface area contributed by atoms with Crippen LogP contribution in [0.3, 0.4) is 0 Å². The van der Waals surface area contributed by atoms with E-state index in [1.54, 1.807) is 42.5 Å². The van der Waals surface area contributed by atoms with E-state index in [1.807, 2.05) is 0 Å². The number of aliphatic carboxylic acids is 1. The van der Waals surface area contributed by atoms with Crippen molar-refractivity contribution in [1.82, 2.24) is 0 Å². The molecule has 0 spiro atoms. The van der Waals surface area contributed by atoms with Gasteiger partial charge in [0.25, 0.3) is 11.8 Å². The number of carbonyl (C=O) groups excluding carboxylic acids is 2. The highest BCUT2D eigenvalue weighted by molar-refractivity contribution is 9.10. The van der Waals surface area contributed by atoms with Crippen molar-refractivity contribution in [3.8, 4) is 0 Å². The van der Waals surface area contributed by atoms with E-state index < -0.39 is 17.8 Å². The standard InChI is InChI=1S/C17H10BrNO4/c18-11-7-5-10(6-8-15(20)21)14(9-11)19-16(22)12-3-1-2-4-13(12)17(19)23/h1-9H,(H,20,21). The van der Waals surface area contributed by atoms with E-state index >= 15 is 0 Å². The molecular formula is C17H10BrNO4. The summed E-state index contributed by atoms with van der Waals surface area (Å²) in [5.74, 6) is -1.96. The lowest BCUT2D eigenvalue weighted by molar-refractivity contribution is -0.131. The van der Waals surface area contributed by atoms with Gasteiger partial charge in [-0.1, -0.05) is 34.1 Å². The van der Waals surface area contributed by atoms with Crippen LogP contribution in [0.1, 0.15) is 26.3 Å². The fourth-order valence-corrected chi connectivity index (χ4v) is 2.77. The molecule has 1 N–H and O–H groups in total. The third kappa shape index (κ3) is 2.68. The molecule has 0 saturated heterocycles. The number of nitrogens with zero attached hydrogens (tertiary/aromatic N) is 1. The second kappa shape index (κ2) is 5.81. The van der Waals surface area contributed by atoms with Gasteiger partial charge in [-0.3, -0.25) is 9.59 Å². The third-order valence-corrected chi connectivity index (χ3v) is 3.93. The van der Waals surface area contributed by atoms with Crippen LogP contribution in [0, 0.1) is 0 Å². The SMILES string of the molecule is O=C(O)C=Cc1ccc(Br)cc1N1C(=O)c2ccccc2C1=O. The Hall–Kier alpha value is -2.73. The lowest BCUT2D eigenvalue weighted by atomic mass is 10.1. The first-order valence-corrected chi connectivity index (χ1v) is 7.46. The number of amides is 2. The average Bonchev–Trinajstić information content (AvgIpc) is 2.78. The van der Waals surface area contributed by atoms with E-state index in [1.165, 1.54) is 6.08 Å². The number of anilines is 1. The molecule has 3 rings (SSSR count). The van der Waals surface area contributed by atoms with Crippen molar-refractivity contribution in [1.29, 1.82) is 0 Å². The lowest BCUT2D eigenvalue weighted by Gasteiger charge is -2.17. The van der Waals surface area contributed by atoms with Crippen LogP contribution in [0.4, 0.5) is 5.69 Å². The van der Waals surface area contributed by atoms with Gasteiger partial charge in [0, 0.05) is 10.5 Å². The molecule has 23 heavy (non-hydrogen) atoms. The summed E-state index contributed by atoms with van der Waals surface area (Å²) in [5.41, 5.74) is 1.48. The van der Waals surface area contributed by atoms with Gasteiger partial charge in [-0.15, -0.1) is 0 Å². The Morgan fingerprint density at radius 2 is 1.65 bits per heavy atom. The number of carboxylic acid groups (broad SMARTS) is 1. The van der Waals surface area contributed by atoms with Gasteiger partial charge in [-0.05, 0) is 35.9 Å². The zero-order valence-electron chi connectivity index (χ0n) is 11.7. The number of hydrogen-bond donors (Lipinski definition) is 1. The summed E-state index contributed by atoms with van der Waals surface area (Å²) in [4.78, 5) is 36.9. The summed E-state index contributed by atoms with van der Waals surface area (Å²) in [6.07, 6.45) is 2.32. The number of carbonyl (C=O) groups is 3. The first kappa shape index (κ1) is 15.2. The van der Waals surface area contributed by atoms with Crippen molar-refractivity contribution >= 4 is 45.5 Å². The highest BCUT2D eigenvalue weighted by atomic mass is 79.9. The summed E-state index contributed by atoms with van der Waals surface area (Å²) < 4.78 is 0.677. The van der Waals surface area contributed by atoms with Gasteiger partial charge in [0.1, 0.15) is 0 Å². The molecule has 0 unspecified atom stereocenters. The van der Waals surface area contributed by atoms with Gasteiger partial charge in [-0.2, -0.15) is 0 Å². The molecule has 2 aromatic carbocycles. The molecule has 114 valence electrons. The number of fused-ring (bicyclic) bond motifs is 1. The van der Waals surface area contributed by atoms with Crippen molar-refractivity contribution in [2.45, 2.75) is 0 Å². The van der Waals surface area contributed by atoms with Gasteiger partial charge >= 0.3 is 5.97 Å². The molecule has 0 bridgehead atoms. The maximum absolute atomic E-state index is 12.6. The first-order valence-electron chi connectivity index (χ1n) is 6.67. The zero-order chi connectivity index (χ0) is 16.6. The van der Waals surface area contributed by atoms with Crippen molar-refractivity contribution in [2.24, 2.45) is 0 Å². The molecule has 5 nitrogen and oxygen atoms in total. The first-order chi connectivity index (χ1) is 11.0. The smallest absolute Gasteiger partial charge is 0.328 e.